The van der Waals surface area contributed by atoms with Gasteiger partial charge in [-0.3, -0.25) is 4.79 Å². The molecular weight excluding hydrogens is 363 g/mol. The second-order valence-electron chi connectivity index (χ2n) is 4.89. The summed E-state index contributed by atoms with van der Waals surface area (Å²) in [6.45, 7) is 7.04. The van der Waals surface area contributed by atoms with Gasteiger partial charge >= 0.3 is 29.9 Å². The molecule has 19 heavy (non-hydrogen) atoms. The summed E-state index contributed by atoms with van der Waals surface area (Å²) in [7, 11) is 0. The zero-order valence-corrected chi connectivity index (χ0v) is 13.4. The van der Waals surface area contributed by atoms with Crippen LogP contribution < -0.4 is 0 Å². The topological polar surface area (TPSA) is 26.3 Å². The SMILES string of the molecule is CCCCOC(=O)C(CCCC)(CCCC)SC.[SnH4]. The van der Waals surface area contributed by atoms with Crippen molar-refractivity contribution in [1.82, 2.24) is 0 Å². The number of unbranched alkanes of at least 4 members (excludes halogenated alkanes) is 3. The average molecular weight is 397 g/mol. The van der Waals surface area contributed by atoms with Crippen molar-refractivity contribution in [3.63, 3.8) is 0 Å². The van der Waals surface area contributed by atoms with Crippen LogP contribution in [0.2, 0.25) is 0 Å². The first-order chi connectivity index (χ1) is 8.66. The van der Waals surface area contributed by atoms with Gasteiger partial charge in [0.25, 0.3) is 0 Å². The number of carbonyl (C=O) groups excluding carboxylic acids is 1. The molecule has 0 aliphatic carbocycles. The summed E-state index contributed by atoms with van der Waals surface area (Å²) >= 11 is 1.69. The van der Waals surface area contributed by atoms with Crippen molar-refractivity contribution in [2.45, 2.75) is 76.9 Å². The number of esters is 1. The van der Waals surface area contributed by atoms with Gasteiger partial charge in [-0.25, -0.2) is 0 Å². The van der Waals surface area contributed by atoms with Gasteiger partial charge in [-0.1, -0.05) is 52.9 Å². The van der Waals surface area contributed by atoms with E-state index in [1.54, 1.807) is 11.8 Å². The predicted molar refractivity (Wildman–Crippen MR) is 92.5 cm³/mol. The van der Waals surface area contributed by atoms with Crippen LogP contribution in [0.1, 0.15) is 72.1 Å². The zero-order chi connectivity index (χ0) is 13.9. The molecule has 0 unspecified atom stereocenters. The molecule has 0 aromatic rings. The monoisotopic (exact) mass is 398 g/mol. The van der Waals surface area contributed by atoms with E-state index in [1.165, 1.54) is 0 Å². The first kappa shape index (κ1) is 21.9. The van der Waals surface area contributed by atoms with Crippen molar-refractivity contribution >= 4 is 41.6 Å². The van der Waals surface area contributed by atoms with E-state index >= 15 is 0 Å². The predicted octanol–water partition coefficient (Wildman–Crippen LogP) is 3.36. The number of hydrogen-bond donors (Lipinski definition) is 0. The Bertz CT molecular complexity index is 214. The third-order valence-corrected chi connectivity index (χ3v) is 4.72. The third-order valence-electron chi connectivity index (χ3n) is 3.36. The standard InChI is InChI=1S/C15H30O2S.Sn.4H/c1-5-8-11-15(18-4,12-9-6-2)14(16)17-13-10-7-3;;;;;/h5-13H2,1-4H3;;;;;. The van der Waals surface area contributed by atoms with Crippen LogP contribution in [0.25, 0.3) is 0 Å². The van der Waals surface area contributed by atoms with Gasteiger partial charge in [-0.05, 0) is 25.5 Å². The summed E-state index contributed by atoms with van der Waals surface area (Å²) in [5.41, 5.74) is 0. The quantitative estimate of drug-likeness (QED) is 0.304. The van der Waals surface area contributed by atoms with E-state index in [2.05, 4.69) is 20.8 Å². The summed E-state index contributed by atoms with van der Waals surface area (Å²) in [4.78, 5) is 12.3. The molecule has 0 radical (unpaired) electrons. The van der Waals surface area contributed by atoms with E-state index in [-0.39, 0.29) is 34.6 Å². The van der Waals surface area contributed by atoms with Crippen molar-refractivity contribution in [1.29, 1.82) is 0 Å². The summed E-state index contributed by atoms with van der Waals surface area (Å²) in [6.07, 6.45) is 10.5. The number of thioether (sulfide) groups is 1. The van der Waals surface area contributed by atoms with Gasteiger partial charge in [-0.2, -0.15) is 0 Å². The summed E-state index contributed by atoms with van der Waals surface area (Å²) in [5, 5.41) is 0. The van der Waals surface area contributed by atoms with Crippen molar-refractivity contribution in [3.8, 4) is 0 Å². The molecule has 0 aromatic carbocycles. The molecule has 0 spiro atoms. The second kappa shape index (κ2) is 13.6. The van der Waals surface area contributed by atoms with Gasteiger partial charge < -0.3 is 4.74 Å². The van der Waals surface area contributed by atoms with E-state index in [0.717, 1.165) is 51.4 Å². The molecular formula is C15H34O2SSn. The Morgan fingerprint density at radius 3 is 1.84 bits per heavy atom. The normalized spacial score (nSPS) is 10.9. The average Bonchev–Trinajstić information content (AvgIpc) is 2.40. The Morgan fingerprint density at radius 1 is 1.00 bits per heavy atom. The fraction of sp³-hybridized carbons (Fsp3) is 0.933. The molecule has 0 fully saturated rings. The minimum absolute atomic E-state index is 0. The molecule has 0 rings (SSSR count). The molecule has 116 valence electrons. The minimum atomic E-state index is -0.292. The van der Waals surface area contributed by atoms with Crippen molar-refractivity contribution < 1.29 is 9.53 Å². The van der Waals surface area contributed by atoms with Crippen LogP contribution >= 0.6 is 11.8 Å². The first-order valence-corrected chi connectivity index (χ1v) is 8.61. The Labute approximate surface area is 140 Å². The number of hydrogen-bond acceptors (Lipinski definition) is 3. The van der Waals surface area contributed by atoms with Crippen LogP contribution in [0.3, 0.4) is 0 Å². The molecule has 0 heterocycles. The van der Waals surface area contributed by atoms with Crippen molar-refractivity contribution in [2.24, 2.45) is 0 Å². The van der Waals surface area contributed by atoms with Gasteiger partial charge in [0.05, 0.1) is 6.61 Å². The van der Waals surface area contributed by atoms with Gasteiger partial charge in [0.1, 0.15) is 4.75 Å². The van der Waals surface area contributed by atoms with Crippen molar-refractivity contribution in [3.05, 3.63) is 0 Å². The van der Waals surface area contributed by atoms with Gasteiger partial charge in [0.2, 0.25) is 0 Å². The molecule has 2 nitrogen and oxygen atoms in total. The maximum absolute atomic E-state index is 12.3. The van der Waals surface area contributed by atoms with Gasteiger partial charge in [-0.15, -0.1) is 11.8 Å². The van der Waals surface area contributed by atoms with E-state index < -0.39 is 0 Å². The van der Waals surface area contributed by atoms with Crippen molar-refractivity contribution in [2.75, 3.05) is 12.9 Å². The molecule has 0 amide bonds. The number of ether oxygens (including phenoxy) is 1. The van der Waals surface area contributed by atoms with E-state index in [4.69, 9.17) is 4.74 Å². The Hall–Kier alpha value is 0.619. The summed E-state index contributed by atoms with van der Waals surface area (Å²) in [6, 6.07) is 0. The van der Waals surface area contributed by atoms with Crippen LogP contribution in [0.5, 0.6) is 0 Å². The molecule has 0 aromatic heterocycles. The summed E-state index contributed by atoms with van der Waals surface area (Å²) in [5.74, 6) is 0.0188. The summed E-state index contributed by atoms with van der Waals surface area (Å²) < 4.78 is 5.18. The first-order valence-electron chi connectivity index (χ1n) is 7.39. The molecule has 0 saturated heterocycles. The van der Waals surface area contributed by atoms with Crippen LogP contribution in [0, 0.1) is 0 Å². The molecule has 4 heteroatoms. The van der Waals surface area contributed by atoms with E-state index in [0.29, 0.717) is 6.61 Å². The Balaban J connectivity index is 0. The molecule has 0 atom stereocenters. The fourth-order valence-corrected chi connectivity index (χ4v) is 2.90. The van der Waals surface area contributed by atoms with Crippen LogP contribution in [-0.2, 0) is 9.53 Å². The molecule has 0 aliphatic heterocycles. The fourth-order valence-electron chi connectivity index (χ4n) is 1.98. The molecule has 0 saturated carbocycles. The van der Waals surface area contributed by atoms with Gasteiger partial charge in [0.15, 0.2) is 0 Å². The Morgan fingerprint density at radius 2 is 1.47 bits per heavy atom. The second-order valence-corrected chi connectivity index (χ2v) is 6.08. The number of rotatable bonds is 11. The zero-order valence-electron chi connectivity index (χ0n) is 12.6. The maximum atomic E-state index is 12.3. The number of carbonyl (C=O) groups is 1. The van der Waals surface area contributed by atoms with Crippen LogP contribution in [0.15, 0.2) is 0 Å². The Kier molecular flexibility index (Phi) is 15.7. The van der Waals surface area contributed by atoms with Gasteiger partial charge in [0, 0.05) is 0 Å². The van der Waals surface area contributed by atoms with E-state index in [9.17, 15) is 4.79 Å². The third kappa shape index (κ3) is 8.48. The van der Waals surface area contributed by atoms with Crippen LogP contribution in [0.4, 0.5) is 0 Å². The van der Waals surface area contributed by atoms with Crippen LogP contribution in [-0.4, -0.2) is 47.5 Å². The molecule has 0 N–H and O–H groups in total. The molecule has 0 aliphatic rings. The molecule has 0 bridgehead atoms. The van der Waals surface area contributed by atoms with E-state index in [1.807, 2.05) is 6.26 Å².